The topological polar surface area (TPSA) is 239 Å². The van der Waals surface area contributed by atoms with E-state index in [0.717, 1.165) is 0 Å². The molecule has 1 fully saturated rings. The number of hydrogen-bond acceptors (Lipinski definition) is 15. The number of ether oxygens (including phenoxy) is 6. The summed E-state index contributed by atoms with van der Waals surface area (Å²) in [6.45, 7) is 11.9. The highest BCUT2D eigenvalue weighted by Crippen LogP contribution is 2.37. The van der Waals surface area contributed by atoms with Crippen molar-refractivity contribution in [3.05, 3.63) is 57.9 Å². The summed E-state index contributed by atoms with van der Waals surface area (Å²) in [5, 5.41) is 14.7. The molecule has 1 saturated heterocycles. The molecular weight excluding hydrogens is 732 g/mol. The summed E-state index contributed by atoms with van der Waals surface area (Å²) in [6, 6.07) is 7.18. The predicted molar refractivity (Wildman–Crippen MR) is 190 cm³/mol. The Morgan fingerprint density at radius 3 is 2.07 bits per heavy atom. The van der Waals surface area contributed by atoms with Crippen LogP contribution in [-0.2, 0) is 44.4 Å². The summed E-state index contributed by atoms with van der Waals surface area (Å²) in [6.07, 6.45) is -5.69. The zero-order valence-electron chi connectivity index (χ0n) is 31.1. The summed E-state index contributed by atoms with van der Waals surface area (Å²) >= 11 is 6.34. The molecule has 1 aliphatic rings. The first-order valence-corrected chi connectivity index (χ1v) is 17.3. The van der Waals surface area contributed by atoms with Gasteiger partial charge in [0.1, 0.15) is 29.6 Å². The second-order valence-corrected chi connectivity index (χ2v) is 14.3. The van der Waals surface area contributed by atoms with Gasteiger partial charge in [-0.25, -0.2) is 24.2 Å². The normalized spacial score (nSPS) is 18.8. The number of benzene rings is 1. The third-order valence-electron chi connectivity index (χ3n) is 7.54. The van der Waals surface area contributed by atoms with Crippen molar-refractivity contribution < 1.29 is 52.7 Å². The Labute approximate surface area is 315 Å². The molecule has 54 heavy (non-hydrogen) atoms. The van der Waals surface area contributed by atoms with E-state index in [0.29, 0.717) is 10.5 Å². The van der Waals surface area contributed by atoms with E-state index in [9.17, 15) is 29.8 Å². The Balaban J connectivity index is 1.76. The van der Waals surface area contributed by atoms with Crippen molar-refractivity contribution in [2.45, 2.75) is 103 Å². The van der Waals surface area contributed by atoms with Gasteiger partial charge < -0.3 is 33.5 Å². The average Bonchev–Trinajstić information content (AvgIpc) is 3.62. The molecule has 20 heteroatoms. The summed E-state index contributed by atoms with van der Waals surface area (Å²) < 4.78 is 34.9. The van der Waals surface area contributed by atoms with E-state index in [1.807, 2.05) is 0 Å². The zero-order valence-corrected chi connectivity index (χ0v) is 31.8. The highest BCUT2D eigenvalue weighted by molar-refractivity contribution is 6.29. The van der Waals surface area contributed by atoms with Crippen molar-refractivity contribution in [3.63, 3.8) is 0 Å². The molecule has 0 aliphatic carbocycles. The quantitative estimate of drug-likeness (QED) is 0.0472. The minimum atomic E-state index is -2.31. The van der Waals surface area contributed by atoms with Crippen LogP contribution < -0.4 is 4.90 Å². The first-order chi connectivity index (χ1) is 25.4. The molecule has 0 spiro atoms. The number of amides is 2. The van der Waals surface area contributed by atoms with Crippen molar-refractivity contribution in [1.29, 1.82) is 0 Å². The third-order valence-corrected chi connectivity index (χ3v) is 7.71. The molecule has 3 heterocycles. The van der Waals surface area contributed by atoms with Crippen LogP contribution in [-0.4, -0.2) is 104 Å². The fourth-order valence-corrected chi connectivity index (χ4v) is 5.52. The molecule has 3 aromatic rings. The molecule has 1 aliphatic heterocycles. The summed E-state index contributed by atoms with van der Waals surface area (Å²) in [5.41, 5.74) is 5.35. The molecule has 0 radical (unpaired) electrons. The Morgan fingerprint density at radius 2 is 1.56 bits per heavy atom. The largest absolute Gasteiger partial charge is 0.463 e. The lowest BCUT2D eigenvalue weighted by molar-refractivity contribution is -0.197. The SMILES string of the molecule is CCOC(=O)C(Cc1ccccc1)(OC[C@H]1O[C@@H](n2cnc3c(N(C(=O)OC(C)(C)C)C(=O)OC(C)(C)C)nc(Cl)nc32)[C@H](N=[N+]=[N-])[C@@H]1O)C(=O)OCC. The maximum absolute atomic E-state index is 13.5. The lowest BCUT2D eigenvalue weighted by atomic mass is 9.93. The van der Waals surface area contributed by atoms with E-state index >= 15 is 0 Å². The molecular formula is C34H43ClN8O11. The Morgan fingerprint density at radius 1 is 0.981 bits per heavy atom. The van der Waals surface area contributed by atoms with Gasteiger partial charge in [-0.3, -0.25) is 4.57 Å². The van der Waals surface area contributed by atoms with Gasteiger partial charge in [0.15, 0.2) is 17.0 Å². The first kappa shape index (κ1) is 41.7. The monoisotopic (exact) mass is 774 g/mol. The number of fused-ring (bicyclic) bond motifs is 1. The Hall–Kier alpha value is -5.07. The minimum absolute atomic E-state index is 0.0822. The second-order valence-electron chi connectivity index (χ2n) is 13.9. The fourth-order valence-electron chi connectivity index (χ4n) is 5.36. The van der Waals surface area contributed by atoms with Crippen LogP contribution in [0.2, 0.25) is 5.28 Å². The van der Waals surface area contributed by atoms with Gasteiger partial charge in [0.05, 0.1) is 32.3 Å². The smallest absolute Gasteiger partial charge is 0.425 e. The van der Waals surface area contributed by atoms with Gasteiger partial charge in [0.2, 0.25) is 5.28 Å². The molecule has 2 aromatic heterocycles. The van der Waals surface area contributed by atoms with Crippen molar-refractivity contribution >= 4 is 52.7 Å². The Kier molecular flexibility index (Phi) is 13.1. The number of nitrogens with zero attached hydrogens (tertiary/aromatic N) is 8. The summed E-state index contributed by atoms with van der Waals surface area (Å²) in [7, 11) is 0. The van der Waals surface area contributed by atoms with E-state index in [2.05, 4.69) is 25.0 Å². The van der Waals surface area contributed by atoms with Gasteiger partial charge in [-0.1, -0.05) is 35.4 Å². The van der Waals surface area contributed by atoms with Crippen LogP contribution in [0, 0.1) is 0 Å². The van der Waals surface area contributed by atoms with Crippen LogP contribution in [0.25, 0.3) is 21.6 Å². The number of anilines is 1. The van der Waals surface area contributed by atoms with Crippen LogP contribution in [0.1, 0.15) is 67.2 Å². The molecule has 1 N–H and O–H groups in total. The van der Waals surface area contributed by atoms with Crippen LogP contribution in [0.4, 0.5) is 15.4 Å². The average molecular weight is 775 g/mol. The number of carbonyl (C=O) groups excluding carboxylic acids is 4. The zero-order chi connectivity index (χ0) is 40.0. The molecule has 0 unspecified atom stereocenters. The van der Waals surface area contributed by atoms with Gasteiger partial charge in [0, 0.05) is 11.3 Å². The maximum atomic E-state index is 13.5. The number of rotatable bonds is 12. The number of aromatic nitrogens is 4. The Bertz CT molecular complexity index is 1840. The van der Waals surface area contributed by atoms with E-state index < -0.39 is 83.1 Å². The van der Waals surface area contributed by atoms with E-state index in [1.165, 1.54) is 10.9 Å². The number of aliphatic hydroxyl groups is 1. The first-order valence-electron chi connectivity index (χ1n) is 16.9. The van der Waals surface area contributed by atoms with Gasteiger partial charge >= 0.3 is 24.1 Å². The van der Waals surface area contributed by atoms with Gasteiger partial charge in [-0.05, 0) is 78.1 Å². The number of aliphatic hydroxyl groups excluding tert-OH is 1. The van der Waals surface area contributed by atoms with Crippen LogP contribution in [0.15, 0.2) is 41.8 Å². The van der Waals surface area contributed by atoms with Crippen molar-refractivity contribution in [2.24, 2.45) is 5.11 Å². The van der Waals surface area contributed by atoms with Crippen molar-refractivity contribution in [2.75, 3.05) is 24.7 Å². The van der Waals surface area contributed by atoms with E-state index in [-0.39, 0.29) is 30.8 Å². The molecule has 0 saturated carbocycles. The van der Waals surface area contributed by atoms with Gasteiger partial charge in [-0.2, -0.15) is 14.9 Å². The number of imidazole rings is 1. The lowest BCUT2D eigenvalue weighted by Crippen LogP contribution is -2.54. The fraction of sp³-hybridized carbons (Fsp3) is 0.559. The van der Waals surface area contributed by atoms with Crippen molar-refractivity contribution in [3.8, 4) is 0 Å². The molecule has 19 nitrogen and oxygen atoms in total. The number of carbonyl (C=O) groups is 4. The lowest BCUT2D eigenvalue weighted by Gasteiger charge is -2.30. The van der Waals surface area contributed by atoms with Crippen LogP contribution in [0.3, 0.4) is 0 Å². The van der Waals surface area contributed by atoms with Gasteiger partial charge in [-0.15, -0.1) is 0 Å². The van der Waals surface area contributed by atoms with Crippen LogP contribution >= 0.6 is 11.6 Å². The molecule has 292 valence electrons. The van der Waals surface area contributed by atoms with E-state index in [1.54, 1.807) is 85.7 Å². The number of halogens is 1. The van der Waals surface area contributed by atoms with Gasteiger partial charge in [0.25, 0.3) is 5.60 Å². The number of imide groups is 1. The second kappa shape index (κ2) is 16.9. The summed E-state index contributed by atoms with van der Waals surface area (Å²) in [4.78, 5) is 69.9. The highest BCUT2D eigenvalue weighted by atomic mass is 35.5. The molecule has 2 amide bonds. The van der Waals surface area contributed by atoms with Crippen LogP contribution in [0.5, 0.6) is 0 Å². The maximum Gasteiger partial charge on any atom is 0.425 e. The predicted octanol–water partition coefficient (Wildman–Crippen LogP) is 5.22. The summed E-state index contributed by atoms with van der Waals surface area (Å²) in [5.74, 6) is -2.45. The number of hydrogen-bond donors (Lipinski definition) is 1. The standard InChI is InChI=1S/C34H43ClN8O11/c1-9-49-27(45)34(28(46)50-10-2,16-19-14-12-11-13-15-19)51-17-20-23(44)21(40-41-36)26(52-20)42-18-37-22-24(42)38-29(35)39-25(22)43(30(47)53-32(3,4)5)31(48)54-33(6,7)8/h11-15,18,20-21,23,26,44H,9-10,16-17H2,1-8H3/t20-,21-,23-,26-/m1/s1. The molecule has 1 aromatic carbocycles. The number of esters is 2. The highest BCUT2D eigenvalue weighted by Gasteiger charge is 2.53. The third kappa shape index (κ3) is 9.53. The minimum Gasteiger partial charge on any atom is -0.463 e. The van der Waals surface area contributed by atoms with E-state index in [4.69, 9.17) is 40.0 Å². The van der Waals surface area contributed by atoms with Crippen molar-refractivity contribution in [1.82, 2.24) is 19.5 Å². The molecule has 4 rings (SSSR count). The molecule has 4 atom stereocenters. The molecule has 0 bridgehead atoms. The number of azide groups is 1.